The molecule has 2 nitrogen and oxygen atoms in total. The summed E-state index contributed by atoms with van der Waals surface area (Å²) in [4.78, 5) is 2.37. The highest BCUT2D eigenvalue weighted by molar-refractivity contribution is 7.99. The van der Waals surface area contributed by atoms with E-state index in [4.69, 9.17) is 0 Å². The molecule has 1 aliphatic carbocycles. The second-order valence-corrected chi connectivity index (χ2v) is 6.25. The first-order valence-corrected chi connectivity index (χ1v) is 7.36. The van der Waals surface area contributed by atoms with E-state index in [0.717, 1.165) is 24.9 Å². The van der Waals surface area contributed by atoms with Crippen molar-refractivity contribution in [2.75, 3.05) is 25.4 Å². The Morgan fingerprint density at radius 3 is 2.60 bits per heavy atom. The van der Waals surface area contributed by atoms with E-state index in [9.17, 15) is 5.11 Å². The standard InChI is InChI=1S/C12H23NOS/c1-2-13-7-10(12(14)8-13)9-15-11-5-3-4-6-11/h10-12,14H,2-9H2,1H3/t10-,12+/m0/s1. The molecule has 1 heterocycles. The molecule has 0 radical (unpaired) electrons. The number of aliphatic hydroxyl groups excluding tert-OH is 1. The number of likely N-dealkylation sites (N-methyl/N-ethyl adjacent to an activating group) is 1. The molecular formula is C12H23NOS. The summed E-state index contributed by atoms with van der Waals surface area (Å²) in [5.74, 6) is 1.69. The third-order valence-corrected chi connectivity index (χ3v) is 5.34. The zero-order chi connectivity index (χ0) is 10.7. The molecule has 1 saturated heterocycles. The van der Waals surface area contributed by atoms with E-state index in [-0.39, 0.29) is 6.10 Å². The fourth-order valence-corrected chi connectivity index (χ4v) is 4.19. The normalized spacial score (nSPS) is 34.0. The number of β-amino-alcohol motifs (C(OH)–C–C–N with tert-alkyl or cyclic N) is 1. The first-order valence-electron chi connectivity index (χ1n) is 6.31. The Labute approximate surface area is 97.4 Å². The number of nitrogens with zero attached hydrogens (tertiary/aromatic N) is 1. The molecule has 3 heteroatoms. The van der Waals surface area contributed by atoms with Crippen molar-refractivity contribution in [3.8, 4) is 0 Å². The van der Waals surface area contributed by atoms with Gasteiger partial charge >= 0.3 is 0 Å². The van der Waals surface area contributed by atoms with Gasteiger partial charge in [0, 0.05) is 30.0 Å². The highest BCUT2D eigenvalue weighted by Crippen LogP contribution is 2.32. The molecule has 0 spiro atoms. The van der Waals surface area contributed by atoms with Gasteiger partial charge in [-0.15, -0.1) is 0 Å². The molecule has 0 amide bonds. The summed E-state index contributed by atoms with van der Waals surface area (Å²) in [6, 6.07) is 0. The van der Waals surface area contributed by atoms with Crippen LogP contribution in [0.3, 0.4) is 0 Å². The largest absolute Gasteiger partial charge is 0.391 e. The van der Waals surface area contributed by atoms with Crippen LogP contribution in [0.15, 0.2) is 0 Å². The van der Waals surface area contributed by atoms with Crippen LogP contribution in [0.5, 0.6) is 0 Å². The van der Waals surface area contributed by atoms with Crippen molar-refractivity contribution in [2.45, 2.75) is 44.0 Å². The molecule has 2 fully saturated rings. The monoisotopic (exact) mass is 229 g/mol. The van der Waals surface area contributed by atoms with E-state index in [0.29, 0.717) is 5.92 Å². The Hall–Kier alpha value is 0.270. The van der Waals surface area contributed by atoms with Gasteiger partial charge in [-0.1, -0.05) is 19.8 Å². The Morgan fingerprint density at radius 2 is 2.00 bits per heavy atom. The number of thioether (sulfide) groups is 1. The van der Waals surface area contributed by atoms with Crippen molar-refractivity contribution >= 4 is 11.8 Å². The van der Waals surface area contributed by atoms with Gasteiger partial charge in [0.05, 0.1) is 6.10 Å². The molecule has 2 atom stereocenters. The third-order valence-electron chi connectivity index (χ3n) is 3.78. The van der Waals surface area contributed by atoms with E-state index in [1.54, 1.807) is 0 Å². The topological polar surface area (TPSA) is 23.5 Å². The molecule has 1 aliphatic heterocycles. The van der Waals surface area contributed by atoms with E-state index in [1.807, 2.05) is 0 Å². The van der Waals surface area contributed by atoms with Crippen molar-refractivity contribution in [1.29, 1.82) is 0 Å². The molecule has 1 N–H and O–H groups in total. The van der Waals surface area contributed by atoms with Gasteiger partial charge in [0.1, 0.15) is 0 Å². The van der Waals surface area contributed by atoms with E-state index >= 15 is 0 Å². The SMILES string of the molecule is CCN1C[C@@H](CSC2CCCC2)[C@H](O)C1. The fourth-order valence-electron chi connectivity index (χ4n) is 2.68. The summed E-state index contributed by atoms with van der Waals surface area (Å²) in [5.41, 5.74) is 0. The van der Waals surface area contributed by atoms with E-state index in [2.05, 4.69) is 23.6 Å². The maximum absolute atomic E-state index is 9.91. The Bertz CT molecular complexity index is 194. The van der Waals surface area contributed by atoms with E-state index < -0.39 is 0 Å². The minimum atomic E-state index is -0.0705. The minimum absolute atomic E-state index is 0.0705. The van der Waals surface area contributed by atoms with Gasteiger partial charge in [-0.2, -0.15) is 11.8 Å². The minimum Gasteiger partial charge on any atom is -0.391 e. The van der Waals surface area contributed by atoms with Gasteiger partial charge in [0.25, 0.3) is 0 Å². The first-order chi connectivity index (χ1) is 7.29. The number of rotatable bonds is 4. The summed E-state index contributed by atoms with van der Waals surface area (Å²) in [6.45, 7) is 5.27. The van der Waals surface area contributed by atoms with Crippen molar-refractivity contribution in [2.24, 2.45) is 5.92 Å². The fraction of sp³-hybridized carbons (Fsp3) is 1.00. The molecule has 0 aromatic rings. The molecule has 0 unspecified atom stereocenters. The first kappa shape index (κ1) is 11.7. The van der Waals surface area contributed by atoms with Crippen LogP contribution in [0.1, 0.15) is 32.6 Å². The lowest BCUT2D eigenvalue weighted by Crippen LogP contribution is -2.21. The Balaban J connectivity index is 1.70. The van der Waals surface area contributed by atoms with Gasteiger partial charge in [-0.3, -0.25) is 0 Å². The van der Waals surface area contributed by atoms with Crippen LogP contribution in [0.4, 0.5) is 0 Å². The van der Waals surface area contributed by atoms with Crippen LogP contribution in [0.25, 0.3) is 0 Å². The average Bonchev–Trinajstić information content (AvgIpc) is 2.84. The summed E-state index contributed by atoms with van der Waals surface area (Å²) < 4.78 is 0. The van der Waals surface area contributed by atoms with Gasteiger partial charge in [-0.05, 0) is 19.4 Å². The zero-order valence-electron chi connectivity index (χ0n) is 9.69. The second kappa shape index (κ2) is 5.55. The second-order valence-electron chi connectivity index (χ2n) is 4.92. The van der Waals surface area contributed by atoms with Crippen LogP contribution >= 0.6 is 11.8 Å². The molecule has 15 heavy (non-hydrogen) atoms. The summed E-state index contributed by atoms with van der Waals surface area (Å²) in [7, 11) is 0. The quantitative estimate of drug-likeness (QED) is 0.797. The number of hydrogen-bond acceptors (Lipinski definition) is 3. The van der Waals surface area contributed by atoms with Crippen molar-refractivity contribution in [1.82, 2.24) is 4.90 Å². The lowest BCUT2D eigenvalue weighted by molar-refractivity contribution is 0.150. The molecule has 1 saturated carbocycles. The summed E-state index contributed by atoms with van der Waals surface area (Å²) in [5, 5.41) is 10.8. The van der Waals surface area contributed by atoms with Crippen molar-refractivity contribution in [3.63, 3.8) is 0 Å². The van der Waals surface area contributed by atoms with Crippen LogP contribution in [-0.2, 0) is 0 Å². The van der Waals surface area contributed by atoms with Crippen LogP contribution < -0.4 is 0 Å². The van der Waals surface area contributed by atoms with Gasteiger partial charge in [0.2, 0.25) is 0 Å². The molecule has 2 aliphatic rings. The molecule has 2 rings (SSSR count). The van der Waals surface area contributed by atoms with Crippen LogP contribution in [-0.4, -0.2) is 46.7 Å². The van der Waals surface area contributed by atoms with Crippen molar-refractivity contribution in [3.05, 3.63) is 0 Å². The predicted molar refractivity (Wildman–Crippen MR) is 66.3 cm³/mol. The molecule has 0 aromatic heterocycles. The predicted octanol–water partition coefficient (Wildman–Crippen LogP) is 1.97. The number of likely N-dealkylation sites (tertiary alicyclic amines) is 1. The van der Waals surface area contributed by atoms with Gasteiger partial charge in [-0.25, -0.2) is 0 Å². The average molecular weight is 229 g/mol. The van der Waals surface area contributed by atoms with Crippen molar-refractivity contribution < 1.29 is 5.11 Å². The zero-order valence-corrected chi connectivity index (χ0v) is 10.5. The maximum atomic E-state index is 9.91. The lowest BCUT2D eigenvalue weighted by atomic mass is 10.1. The Morgan fingerprint density at radius 1 is 1.27 bits per heavy atom. The number of hydrogen-bond donors (Lipinski definition) is 1. The highest BCUT2D eigenvalue weighted by Gasteiger charge is 2.31. The third kappa shape index (κ3) is 3.11. The molecule has 88 valence electrons. The van der Waals surface area contributed by atoms with Crippen LogP contribution in [0.2, 0.25) is 0 Å². The van der Waals surface area contributed by atoms with Gasteiger partial charge < -0.3 is 10.0 Å². The van der Waals surface area contributed by atoms with Crippen LogP contribution in [0, 0.1) is 5.92 Å². The molecule has 0 aromatic carbocycles. The van der Waals surface area contributed by atoms with E-state index in [1.165, 1.54) is 31.4 Å². The molecule has 0 bridgehead atoms. The lowest BCUT2D eigenvalue weighted by Gasteiger charge is -2.16. The maximum Gasteiger partial charge on any atom is 0.0715 e. The highest BCUT2D eigenvalue weighted by atomic mass is 32.2. The summed E-state index contributed by atoms with van der Waals surface area (Å²) >= 11 is 2.11. The molecular weight excluding hydrogens is 206 g/mol. The summed E-state index contributed by atoms with van der Waals surface area (Å²) in [6.07, 6.45) is 5.59. The Kier molecular flexibility index (Phi) is 4.35. The van der Waals surface area contributed by atoms with Gasteiger partial charge in [0.15, 0.2) is 0 Å². The number of aliphatic hydroxyl groups is 1. The smallest absolute Gasteiger partial charge is 0.0715 e.